The normalized spacial score (nSPS) is 10.9. The average molecular weight is 292 g/mol. The van der Waals surface area contributed by atoms with Crippen molar-refractivity contribution < 1.29 is 4.79 Å². The largest absolute Gasteiger partial charge is 0.347 e. The van der Waals surface area contributed by atoms with Crippen LogP contribution in [0.5, 0.6) is 0 Å². The molecule has 22 heavy (non-hydrogen) atoms. The molecule has 0 aliphatic carbocycles. The third-order valence-corrected chi connectivity index (χ3v) is 4.13. The number of fused-ring (bicyclic) bond motifs is 1. The van der Waals surface area contributed by atoms with E-state index in [1.54, 1.807) is 0 Å². The summed E-state index contributed by atoms with van der Waals surface area (Å²) in [6.45, 7) is 4.66. The summed E-state index contributed by atoms with van der Waals surface area (Å²) in [7, 11) is 1.93. The smallest absolute Gasteiger partial charge is 0.268 e. The predicted molar refractivity (Wildman–Crippen MR) is 90.0 cm³/mol. The van der Waals surface area contributed by atoms with Gasteiger partial charge in [-0.3, -0.25) is 4.79 Å². The maximum atomic E-state index is 12.5. The summed E-state index contributed by atoms with van der Waals surface area (Å²) >= 11 is 0. The van der Waals surface area contributed by atoms with Crippen molar-refractivity contribution in [3.05, 3.63) is 70.9 Å². The van der Waals surface area contributed by atoms with Gasteiger partial charge in [0.25, 0.3) is 5.91 Å². The van der Waals surface area contributed by atoms with Gasteiger partial charge in [-0.1, -0.05) is 35.9 Å². The van der Waals surface area contributed by atoms with Crippen LogP contribution in [0.4, 0.5) is 0 Å². The Labute approximate surface area is 130 Å². The lowest BCUT2D eigenvalue weighted by Gasteiger charge is -2.08. The van der Waals surface area contributed by atoms with Crippen LogP contribution in [0, 0.1) is 13.8 Å². The van der Waals surface area contributed by atoms with E-state index in [1.807, 2.05) is 35.9 Å². The first kappa shape index (κ1) is 14.4. The Balaban J connectivity index is 1.83. The molecular formula is C19H20N2O. The van der Waals surface area contributed by atoms with Crippen LogP contribution in [0.15, 0.2) is 48.5 Å². The van der Waals surface area contributed by atoms with Crippen LogP contribution >= 0.6 is 0 Å². The zero-order valence-electron chi connectivity index (χ0n) is 13.2. The molecule has 3 nitrogen and oxygen atoms in total. The van der Waals surface area contributed by atoms with E-state index in [0.717, 1.165) is 16.5 Å². The van der Waals surface area contributed by atoms with Crippen molar-refractivity contribution in [1.82, 2.24) is 9.88 Å². The number of aryl methyl sites for hydroxylation is 3. The fraction of sp³-hybridized carbons (Fsp3) is 0.211. The minimum atomic E-state index is -0.0420. The summed E-state index contributed by atoms with van der Waals surface area (Å²) in [5.74, 6) is -0.0420. The minimum absolute atomic E-state index is 0.0420. The molecule has 1 amide bonds. The molecule has 1 heterocycles. The number of nitrogens with zero attached hydrogens (tertiary/aromatic N) is 1. The van der Waals surface area contributed by atoms with Crippen molar-refractivity contribution in [2.24, 2.45) is 7.05 Å². The summed E-state index contributed by atoms with van der Waals surface area (Å²) in [6, 6.07) is 16.3. The van der Waals surface area contributed by atoms with Crippen LogP contribution in [0.25, 0.3) is 10.9 Å². The Morgan fingerprint density at radius 1 is 1.09 bits per heavy atom. The highest BCUT2D eigenvalue weighted by Crippen LogP contribution is 2.20. The van der Waals surface area contributed by atoms with E-state index < -0.39 is 0 Å². The first-order chi connectivity index (χ1) is 10.6. The number of amides is 1. The van der Waals surface area contributed by atoms with Crippen molar-refractivity contribution >= 4 is 16.8 Å². The standard InChI is InChI=1S/C19H20N2O/c1-13-8-9-17-16(10-13)11-18(21(17)3)19(22)20-12-15-7-5-4-6-14(15)2/h4-11H,12H2,1-3H3,(H,20,22). The van der Waals surface area contributed by atoms with Gasteiger partial charge in [0.2, 0.25) is 0 Å². The SMILES string of the molecule is Cc1ccc2c(c1)cc(C(=O)NCc1ccccc1C)n2C. The van der Waals surface area contributed by atoms with Gasteiger partial charge >= 0.3 is 0 Å². The molecule has 2 aromatic carbocycles. The molecule has 0 unspecified atom stereocenters. The topological polar surface area (TPSA) is 34.0 Å². The Hall–Kier alpha value is -2.55. The molecule has 0 spiro atoms. The maximum absolute atomic E-state index is 12.5. The third kappa shape index (κ3) is 2.62. The Morgan fingerprint density at radius 2 is 1.86 bits per heavy atom. The van der Waals surface area contributed by atoms with Crippen LogP contribution in [0.1, 0.15) is 27.2 Å². The fourth-order valence-electron chi connectivity index (χ4n) is 2.76. The minimum Gasteiger partial charge on any atom is -0.347 e. The lowest BCUT2D eigenvalue weighted by atomic mass is 10.1. The van der Waals surface area contributed by atoms with E-state index in [4.69, 9.17) is 0 Å². The molecule has 0 aliphatic rings. The molecule has 0 fully saturated rings. The van der Waals surface area contributed by atoms with E-state index in [-0.39, 0.29) is 5.91 Å². The van der Waals surface area contributed by atoms with Gasteiger partial charge in [-0.15, -0.1) is 0 Å². The van der Waals surface area contributed by atoms with Gasteiger partial charge in [-0.05, 0) is 43.2 Å². The quantitative estimate of drug-likeness (QED) is 0.784. The van der Waals surface area contributed by atoms with Gasteiger partial charge in [0.15, 0.2) is 0 Å². The number of nitrogens with one attached hydrogen (secondary N) is 1. The number of hydrogen-bond donors (Lipinski definition) is 1. The monoisotopic (exact) mass is 292 g/mol. The predicted octanol–water partition coefficient (Wildman–Crippen LogP) is 3.73. The van der Waals surface area contributed by atoms with Crippen molar-refractivity contribution in [2.75, 3.05) is 0 Å². The van der Waals surface area contributed by atoms with E-state index in [0.29, 0.717) is 12.2 Å². The molecule has 1 N–H and O–H groups in total. The lowest BCUT2D eigenvalue weighted by molar-refractivity contribution is 0.0943. The molecule has 0 radical (unpaired) electrons. The molecule has 1 aromatic heterocycles. The number of hydrogen-bond acceptors (Lipinski definition) is 1. The van der Waals surface area contributed by atoms with Gasteiger partial charge < -0.3 is 9.88 Å². The molecule has 3 aromatic rings. The van der Waals surface area contributed by atoms with Gasteiger partial charge in [-0.2, -0.15) is 0 Å². The van der Waals surface area contributed by atoms with Gasteiger partial charge in [0.1, 0.15) is 5.69 Å². The fourth-order valence-corrected chi connectivity index (χ4v) is 2.76. The number of carbonyl (C=O) groups excluding carboxylic acids is 1. The first-order valence-corrected chi connectivity index (χ1v) is 7.45. The van der Waals surface area contributed by atoms with E-state index >= 15 is 0 Å². The summed E-state index contributed by atoms with van der Waals surface area (Å²) in [5.41, 5.74) is 5.30. The third-order valence-electron chi connectivity index (χ3n) is 4.13. The molecule has 3 rings (SSSR count). The van der Waals surface area contributed by atoms with Gasteiger partial charge in [0, 0.05) is 24.5 Å². The first-order valence-electron chi connectivity index (χ1n) is 7.45. The molecule has 0 atom stereocenters. The second-order valence-electron chi connectivity index (χ2n) is 5.76. The summed E-state index contributed by atoms with van der Waals surface area (Å²) in [4.78, 5) is 12.5. The molecule has 3 heteroatoms. The molecule has 0 saturated carbocycles. The summed E-state index contributed by atoms with van der Waals surface area (Å²) in [5, 5.41) is 4.11. The lowest BCUT2D eigenvalue weighted by Crippen LogP contribution is -2.25. The highest BCUT2D eigenvalue weighted by molar-refractivity contribution is 5.98. The van der Waals surface area contributed by atoms with E-state index in [2.05, 4.69) is 43.4 Å². The number of benzene rings is 2. The molecular weight excluding hydrogens is 272 g/mol. The Bertz CT molecular complexity index is 846. The van der Waals surface area contributed by atoms with Crippen LogP contribution in [-0.2, 0) is 13.6 Å². The van der Waals surface area contributed by atoms with E-state index in [9.17, 15) is 4.79 Å². The Morgan fingerprint density at radius 3 is 2.64 bits per heavy atom. The van der Waals surface area contributed by atoms with Crippen molar-refractivity contribution in [2.45, 2.75) is 20.4 Å². The van der Waals surface area contributed by atoms with Crippen LogP contribution < -0.4 is 5.32 Å². The summed E-state index contributed by atoms with van der Waals surface area (Å²) in [6.07, 6.45) is 0. The van der Waals surface area contributed by atoms with Crippen LogP contribution in [0.2, 0.25) is 0 Å². The second-order valence-corrected chi connectivity index (χ2v) is 5.76. The van der Waals surface area contributed by atoms with Gasteiger partial charge in [0.05, 0.1) is 0 Å². The summed E-state index contributed by atoms with van der Waals surface area (Å²) < 4.78 is 1.95. The van der Waals surface area contributed by atoms with E-state index in [1.165, 1.54) is 11.1 Å². The van der Waals surface area contributed by atoms with Crippen LogP contribution in [0.3, 0.4) is 0 Å². The number of aromatic nitrogens is 1. The zero-order chi connectivity index (χ0) is 15.7. The molecule has 112 valence electrons. The van der Waals surface area contributed by atoms with Crippen molar-refractivity contribution in [3.63, 3.8) is 0 Å². The number of carbonyl (C=O) groups is 1. The van der Waals surface area contributed by atoms with Gasteiger partial charge in [-0.25, -0.2) is 0 Å². The van der Waals surface area contributed by atoms with Crippen molar-refractivity contribution in [3.8, 4) is 0 Å². The maximum Gasteiger partial charge on any atom is 0.268 e. The highest BCUT2D eigenvalue weighted by Gasteiger charge is 2.13. The highest BCUT2D eigenvalue weighted by atomic mass is 16.1. The zero-order valence-corrected chi connectivity index (χ0v) is 13.2. The average Bonchev–Trinajstić information content (AvgIpc) is 2.82. The Kier molecular flexibility index (Phi) is 3.72. The molecule has 0 aliphatic heterocycles. The van der Waals surface area contributed by atoms with Crippen molar-refractivity contribution in [1.29, 1.82) is 0 Å². The van der Waals surface area contributed by atoms with Crippen LogP contribution in [-0.4, -0.2) is 10.5 Å². The second kappa shape index (κ2) is 5.68. The number of rotatable bonds is 3. The molecule has 0 saturated heterocycles. The molecule has 0 bridgehead atoms.